The lowest BCUT2D eigenvalue weighted by Gasteiger charge is -1.83. The van der Waals surface area contributed by atoms with Crippen molar-refractivity contribution in [1.29, 1.82) is 0 Å². The molecule has 0 aliphatic carbocycles. The van der Waals surface area contributed by atoms with Crippen LogP contribution in [0.2, 0.25) is 0 Å². The number of rotatable bonds is 2. The number of H-pyrrole nitrogens is 1. The largest absolute Gasteiger partial charge is 0.477 e. The van der Waals surface area contributed by atoms with Gasteiger partial charge in [-0.2, -0.15) is 8.42 Å². The summed E-state index contributed by atoms with van der Waals surface area (Å²) in [5, 5.41) is 8.32. The molecule has 0 spiro atoms. The van der Waals surface area contributed by atoms with Crippen LogP contribution in [-0.4, -0.2) is 24.5 Å². The Morgan fingerprint density at radius 1 is 1.58 bits per heavy atom. The van der Waals surface area contributed by atoms with Crippen LogP contribution in [0.15, 0.2) is 17.2 Å². The number of hydrogen-bond donors (Lipinski definition) is 2. The standard InChI is InChI=1S/C5H4FNO4S/c6-12(10,11)3-1-4(5(8)9)7-2-3/h1-2,7H,(H,8,9). The summed E-state index contributed by atoms with van der Waals surface area (Å²) >= 11 is 0. The van der Waals surface area contributed by atoms with Gasteiger partial charge in [-0.15, -0.1) is 3.89 Å². The second-order valence-electron chi connectivity index (χ2n) is 1.99. The van der Waals surface area contributed by atoms with Crippen LogP contribution in [0.5, 0.6) is 0 Å². The second kappa shape index (κ2) is 2.59. The molecule has 0 radical (unpaired) electrons. The number of halogens is 1. The third-order valence-corrected chi connectivity index (χ3v) is 1.97. The lowest BCUT2D eigenvalue weighted by Crippen LogP contribution is -1.95. The lowest BCUT2D eigenvalue weighted by atomic mass is 10.4. The van der Waals surface area contributed by atoms with Crippen molar-refractivity contribution in [2.24, 2.45) is 0 Å². The molecule has 0 aliphatic heterocycles. The Morgan fingerprint density at radius 3 is 2.42 bits per heavy atom. The Balaban J connectivity index is 3.17. The third kappa shape index (κ3) is 1.62. The molecule has 0 atom stereocenters. The molecular formula is C5H4FNO4S. The van der Waals surface area contributed by atoms with E-state index in [1.54, 1.807) is 0 Å². The Morgan fingerprint density at radius 2 is 2.17 bits per heavy atom. The monoisotopic (exact) mass is 193 g/mol. The molecule has 1 aromatic rings. The third-order valence-electron chi connectivity index (χ3n) is 1.17. The fourth-order valence-electron chi connectivity index (χ4n) is 0.639. The van der Waals surface area contributed by atoms with Crippen LogP contribution in [0.1, 0.15) is 10.5 Å². The molecule has 0 saturated carbocycles. The molecule has 0 unspecified atom stereocenters. The summed E-state index contributed by atoms with van der Waals surface area (Å²) in [6.45, 7) is 0. The predicted molar refractivity (Wildman–Crippen MR) is 36.0 cm³/mol. The smallest absolute Gasteiger partial charge is 0.352 e. The molecule has 5 nitrogen and oxygen atoms in total. The highest BCUT2D eigenvalue weighted by Gasteiger charge is 2.16. The van der Waals surface area contributed by atoms with E-state index in [0.29, 0.717) is 6.07 Å². The summed E-state index contributed by atoms with van der Waals surface area (Å²) < 4.78 is 32.5. The lowest BCUT2D eigenvalue weighted by molar-refractivity contribution is 0.0691. The Kier molecular flexibility index (Phi) is 1.89. The van der Waals surface area contributed by atoms with Crippen molar-refractivity contribution in [2.45, 2.75) is 4.90 Å². The van der Waals surface area contributed by atoms with Gasteiger partial charge in [0.25, 0.3) is 0 Å². The van der Waals surface area contributed by atoms with Crippen LogP contribution in [-0.2, 0) is 10.2 Å². The Hall–Kier alpha value is -1.37. The predicted octanol–water partition coefficient (Wildman–Crippen LogP) is 0.371. The first-order valence-corrected chi connectivity index (χ1v) is 4.16. The summed E-state index contributed by atoms with van der Waals surface area (Å²) in [6, 6.07) is 0.706. The van der Waals surface area contributed by atoms with Crippen molar-refractivity contribution in [1.82, 2.24) is 4.98 Å². The van der Waals surface area contributed by atoms with E-state index in [4.69, 9.17) is 5.11 Å². The van der Waals surface area contributed by atoms with Crippen LogP contribution < -0.4 is 0 Å². The van der Waals surface area contributed by atoms with E-state index in [1.807, 2.05) is 0 Å². The van der Waals surface area contributed by atoms with E-state index in [1.165, 1.54) is 0 Å². The first kappa shape index (κ1) is 8.72. The number of carboxylic acid groups (broad SMARTS) is 1. The van der Waals surface area contributed by atoms with Crippen molar-refractivity contribution in [3.63, 3.8) is 0 Å². The quantitative estimate of drug-likeness (QED) is 0.664. The van der Waals surface area contributed by atoms with E-state index in [9.17, 15) is 17.1 Å². The summed E-state index contributed by atoms with van der Waals surface area (Å²) in [4.78, 5) is 11.6. The van der Waals surface area contributed by atoms with Crippen LogP contribution in [0, 0.1) is 0 Å². The molecule has 1 heterocycles. The molecule has 0 fully saturated rings. The summed E-state index contributed by atoms with van der Waals surface area (Å²) in [6.07, 6.45) is 0.777. The van der Waals surface area contributed by atoms with Gasteiger partial charge < -0.3 is 10.1 Å². The highest BCUT2D eigenvalue weighted by Crippen LogP contribution is 2.12. The topological polar surface area (TPSA) is 87.2 Å². The molecule has 1 aromatic heterocycles. The molecule has 0 aromatic carbocycles. The van der Waals surface area contributed by atoms with E-state index < -0.39 is 21.1 Å². The number of aromatic carboxylic acids is 1. The van der Waals surface area contributed by atoms with E-state index in [2.05, 4.69) is 4.98 Å². The van der Waals surface area contributed by atoms with Gasteiger partial charge in [0.1, 0.15) is 10.6 Å². The van der Waals surface area contributed by atoms with E-state index in [-0.39, 0.29) is 5.69 Å². The molecule has 12 heavy (non-hydrogen) atoms. The van der Waals surface area contributed by atoms with Gasteiger partial charge in [0, 0.05) is 6.20 Å². The number of carbonyl (C=O) groups is 1. The minimum Gasteiger partial charge on any atom is -0.477 e. The van der Waals surface area contributed by atoms with Gasteiger partial charge in [0.05, 0.1) is 0 Å². The average Bonchev–Trinajstić information content (AvgIpc) is 2.30. The van der Waals surface area contributed by atoms with Crippen LogP contribution >= 0.6 is 0 Å². The normalized spacial score (nSPS) is 11.4. The zero-order valence-corrected chi connectivity index (χ0v) is 6.43. The van der Waals surface area contributed by atoms with Gasteiger partial charge in [-0.25, -0.2) is 4.79 Å². The SMILES string of the molecule is O=C(O)c1cc(S(=O)(=O)F)c[nH]1. The summed E-state index contributed by atoms with van der Waals surface area (Å²) in [7, 11) is -4.81. The van der Waals surface area contributed by atoms with Gasteiger partial charge in [0.15, 0.2) is 0 Å². The van der Waals surface area contributed by atoms with Gasteiger partial charge in [-0.1, -0.05) is 0 Å². The van der Waals surface area contributed by atoms with E-state index >= 15 is 0 Å². The molecule has 66 valence electrons. The minimum absolute atomic E-state index is 0.369. The van der Waals surface area contributed by atoms with Gasteiger partial charge in [-0.05, 0) is 6.07 Å². The molecule has 7 heteroatoms. The van der Waals surface area contributed by atoms with Crippen molar-refractivity contribution in [2.75, 3.05) is 0 Å². The molecule has 2 N–H and O–H groups in total. The Bertz CT molecular complexity index is 407. The summed E-state index contributed by atoms with van der Waals surface area (Å²) in [5.41, 5.74) is -0.369. The summed E-state index contributed by atoms with van der Waals surface area (Å²) in [5.74, 6) is -1.34. The Labute approximate surface area is 67.0 Å². The van der Waals surface area contributed by atoms with Crippen molar-refractivity contribution in [3.05, 3.63) is 18.0 Å². The number of nitrogens with one attached hydrogen (secondary N) is 1. The zero-order chi connectivity index (χ0) is 9.35. The molecule has 0 bridgehead atoms. The van der Waals surface area contributed by atoms with Gasteiger partial charge >= 0.3 is 16.2 Å². The van der Waals surface area contributed by atoms with E-state index in [0.717, 1.165) is 6.20 Å². The molecule has 0 saturated heterocycles. The number of carboxylic acids is 1. The number of aromatic nitrogens is 1. The first-order valence-electron chi connectivity index (χ1n) is 2.77. The van der Waals surface area contributed by atoms with Crippen molar-refractivity contribution < 1.29 is 22.2 Å². The second-order valence-corrected chi connectivity index (χ2v) is 3.34. The van der Waals surface area contributed by atoms with Crippen LogP contribution in [0.4, 0.5) is 3.89 Å². The fraction of sp³-hybridized carbons (Fsp3) is 0. The highest BCUT2D eigenvalue weighted by molar-refractivity contribution is 7.86. The molecule has 0 amide bonds. The highest BCUT2D eigenvalue weighted by atomic mass is 32.3. The number of aromatic amines is 1. The van der Waals surface area contributed by atoms with Gasteiger partial charge in [0.2, 0.25) is 0 Å². The number of hydrogen-bond acceptors (Lipinski definition) is 3. The van der Waals surface area contributed by atoms with Gasteiger partial charge in [-0.3, -0.25) is 0 Å². The maximum absolute atomic E-state index is 12.2. The maximum atomic E-state index is 12.2. The van der Waals surface area contributed by atoms with Crippen LogP contribution in [0.25, 0.3) is 0 Å². The molecular weight excluding hydrogens is 189 g/mol. The van der Waals surface area contributed by atoms with Crippen molar-refractivity contribution >= 4 is 16.2 Å². The van der Waals surface area contributed by atoms with Crippen molar-refractivity contribution in [3.8, 4) is 0 Å². The molecule has 0 aliphatic rings. The minimum atomic E-state index is -4.81. The fourth-order valence-corrected chi connectivity index (χ4v) is 1.10. The maximum Gasteiger partial charge on any atom is 0.352 e. The zero-order valence-electron chi connectivity index (χ0n) is 5.61. The first-order chi connectivity index (χ1) is 5.41. The average molecular weight is 193 g/mol. The van der Waals surface area contributed by atoms with Crippen LogP contribution in [0.3, 0.4) is 0 Å². The molecule has 1 rings (SSSR count).